The molecule has 4 aromatic rings. The van der Waals surface area contributed by atoms with Gasteiger partial charge in [-0.25, -0.2) is 9.59 Å². The zero-order valence-corrected chi connectivity index (χ0v) is 22.2. The summed E-state index contributed by atoms with van der Waals surface area (Å²) < 4.78 is 5.07. The molecule has 0 bridgehead atoms. The number of esters is 1. The van der Waals surface area contributed by atoms with E-state index in [1.807, 2.05) is 36.4 Å². The lowest BCUT2D eigenvalue weighted by atomic mass is 10.0. The van der Waals surface area contributed by atoms with E-state index >= 15 is 0 Å². The maximum Gasteiger partial charge on any atom is 0.338 e. The number of benzene rings is 4. The van der Waals surface area contributed by atoms with E-state index in [9.17, 15) is 19.2 Å². The monoisotopic (exact) mass is 532 g/mol. The van der Waals surface area contributed by atoms with Gasteiger partial charge in [-0.05, 0) is 49.8 Å². The van der Waals surface area contributed by atoms with Gasteiger partial charge in [-0.2, -0.15) is 0 Å². The molecule has 0 aromatic heterocycles. The van der Waals surface area contributed by atoms with Gasteiger partial charge in [0.1, 0.15) is 5.75 Å². The first kappa shape index (κ1) is 29.2. The van der Waals surface area contributed by atoms with Gasteiger partial charge in [-0.1, -0.05) is 91.5 Å². The van der Waals surface area contributed by atoms with Gasteiger partial charge in [-0.15, -0.1) is 0 Å². The van der Waals surface area contributed by atoms with Crippen LogP contribution in [0.5, 0.6) is 5.75 Å². The van der Waals surface area contributed by atoms with Crippen LogP contribution in [0.4, 0.5) is 0 Å². The van der Waals surface area contributed by atoms with Gasteiger partial charge < -0.3 is 9.84 Å². The summed E-state index contributed by atoms with van der Waals surface area (Å²) in [6.07, 6.45) is 1.57. The standard InChI is InChI=1S/2C17H14O3/c1-12(2)17(19)20-15-10-8-14(9-11-15)16(18)13-6-4-3-5-7-13;1-12(17(19)20)11-13-7-9-15(10-8-13)16(18)14-5-3-2-4-6-14/h3-11H,1H2,2H3;2-11H,1H3,(H,19,20). The quantitative estimate of drug-likeness (QED) is 0.116. The van der Waals surface area contributed by atoms with Gasteiger partial charge in [0.15, 0.2) is 11.6 Å². The number of rotatable bonds is 8. The van der Waals surface area contributed by atoms with Crippen molar-refractivity contribution in [3.05, 3.63) is 155 Å². The van der Waals surface area contributed by atoms with Gasteiger partial charge in [0.05, 0.1) is 0 Å². The van der Waals surface area contributed by atoms with E-state index in [0.29, 0.717) is 33.6 Å². The molecule has 0 radical (unpaired) electrons. The van der Waals surface area contributed by atoms with E-state index in [1.165, 1.54) is 6.92 Å². The summed E-state index contributed by atoms with van der Waals surface area (Å²) in [6.45, 7) is 6.62. The lowest BCUT2D eigenvalue weighted by Crippen LogP contribution is -2.08. The fraction of sp³-hybridized carbons (Fsp3) is 0.0588. The summed E-state index contributed by atoms with van der Waals surface area (Å²) in [7, 11) is 0. The van der Waals surface area contributed by atoms with Crippen LogP contribution in [0.25, 0.3) is 6.08 Å². The molecule has 0 fully saturated rings. The summed E-state index contributed by atoms with van der Waals surface area (Å²) >= 11 is 0. The Morgan fingerprint density at radius 3 is 1.43 bits per heavy atom. The van der Waals surface area contributed by atoms with E-state index in [0.717, 1.165) is 5.56 Å². The van der Waals surface area contributed by atoms with E-state index < -0.39 is 11.9 Å². The van der Waals surface area contributed by atoms with Crippen molar-refractivity contribution in [2.45, 2.75) is 13.8 Å². The van der Waals surface area contributed by atoms with Crippen molar-refractivity contribution < 1.29 is 29.0 Å². The van der Waals surface area contributed by atoms with Crippen LogP contribution >= 0.6 is 0 Å². The van der Waals surface area contributed by atoms with Crippen molar-refractivity contribution in [2.24, 2.45) is 0 Å². The molecule has 6 heteroatoms. The van der Waals surface area contributed by atoms with E-state index in [1.54, 1.807) is 85.8 Å². The summed E-state index contributed by atoms with van der Waals surface area (Å²) in [5.74, 6) is -1.15. The first-order chi connectivity index (χ1) is 19.2. The number of hydrogen-bond acceptors (Lipinski definition) is 5. The maximum atomic E-state index is 12.2. The molecule has 0 atom stereocenters. The molecule has 0 saturated heterocycles. The molecular weight excluding hydrogens is 504 g/mol. The number of ketones is 2. The minimum absolute atomic E-state index is 0.0453. The Hall–Kier alpha value is -5.36. The zero-order chi connectivity index (χ0) is 29.1. The minimum Gasteiger partial charge on any atom is -0.478 e. The van der Waals surface area contributed by atoms with Crippen molar-refractivity contribution >= 4 is 29.6 Å². The van der Waals surface area contributed by atoms with Crippen LogP contribution in [0.1, 0.15) is 51.3 Å². The Kier molecular flexibility index (Phi) is 10.2. The van der Waals surface area contributed by atoms with Gasteiger partial charge in [-0.3, -0.25) is 9.59 Å². The number of aliphatic carboxylic acids is 1. The third-order valence-electron chi connectivity index (χ3n) is 5.64. The second-order valence-corrected chi connectivity index (χ2v) is 8.84. The van der Waals surface area contributed by atoms with Crippen LogP contribution in [0.2, 0.25) is 0 Å². The Morgan fingerprint density at radius 1 is 0.625 bits per heavy atom. The van der Waals surface area contributed by atoms with E-state index in [-0.39, 0.29) is 17.1 Å². The highest BCUT2D eigenvalue weighted by atomic mass is 16.5. The number of carbonyl (C=O) groups excluding carboxylic acids is 3. The predicted molar refractivity (Wildman–Crippen MR) is 154 cm³/mol. The van der Waals surface area contributed by atoms with Gasteiger partial charge >= 0.3 is 11.9 Å². The number of carbonyl (C=O) groups is 4. The molecule has 200 valence electrons. The zero-order valence-electron chi connectivity index (χ0n) is 22.2. The first-order valence-corrected chi connectivity index (χ1v) is 12.3. The third kappa shape index (κ3) is 8.33. The van der Waals surface area contributed by atoms with E-state index in [4.69, 9.17) is 9.84 Å². The molecule has 4 aromatic carbocycles. The SMILES string of the molecule is C=C(C)C(=O)Oc1ccc(C(=O)c2ccccc2)cc1.CC(=Cc1ccc(C(=O)c2ccccc2)cc1)C(=O)O. The number of hydrogen-bond donors (Lipinski definition) is 1. The summed E-state index contributed by atoms with van der Waals surface area (Å²) in [6, 6.07) is 31.4. The molecule has 40 heavy (non-hydrogen) atoms. The highest BCUT2D eigenvalue weighted by Gasteiger charge is 2.10. The summed E-state index contributed by atoms with van der Waals surface area (Å²) in [5.41, 5.74) is 3.74. The molecule has 0 aliphatic heterocycles. The second kappa shape index (κ2) is 14.0. The molecule has 4 rings (SSSR count). The molecule has 0 aliphatic carbocycles. The van der Waals surface area contributed by atoms with Crippen molar-refractivity contribution in [1.82, 2.24) is 0 Å². The van der Waals surface area contributed by atoms with E-state index in [2.05, 4.69) is 6.58 Å². The number of ether oxygens (including phenoxy) is 1. The van der Waals surface area contributed by atoms with Crippen molar-refractivity contribution in [3.8, 4) is 5.75 Å². The lowest BCUT2D eigenvalue weighted by Gasteiger charge is -2.05. The van der Waals surface area contributed by atoms with Crippen LogP contribution in [0, 0.1) is 0 Å². The third-order valence-corrected chi connectivity index (χ3v) is 5.64. The molecule has 1 N–H and O–H groups in total. The first-order valence-electron chi connectivity index (χ1n) is 12.3. The average Bonchev–Trinajstić information content (AvgIpc) is 2.98. The Bertz CT molecular complexity index is 1530. The van der Waals surface area contributed by atoms with Crippen LogP contribution in [0.3, 0.4) is 0 Å². The maximum absolute atomic E-state index is 12.2. The van der Waals surface area contributed by atoms with Crippen molar-refractivity contribution in [2.75, 3.05) is 0 Å². The Labute approximate surface area is 232 Å². The molecular formula is C34H28O6. The molecule has 0 aliphatic rings. The largest absolute Gasteiger partial charge is 0.478 e. The fourth-order valence-corrected chi connectivity index (χ4v) is 3.42. The molecule has 0 unspecified atom stereocenters. The van der Waals surface area contributed by atoms with Crippen LogP contribution in [-0.2, 0) is 9.59 Å². The van der Waals surface area contributed by atoms with Crippen LogP contribution in [-0.4, -0.2) is 28.6 Å². The summed E-state index contributed by atoms with van der Waals surface area (Å²) in [4.78, 5) is 46.4. The molecule has 0 heterocycles. The van der Waals surface area contributed by atoms with Crippen LogP contribution in [0.15, 0.2) is 127 Å². The van der Waals surface area contributed by atoms with Gasteiger partial charge in [0.2, 0.25) is 0 Å². The fourth-order valence-electron chi connectivity index (χ4n) is 3.42. The molecule has 6 nitrogen and oxygen atoms in total. The molecule has 0 amide bonds. The minimum atomic E-state index is -0.950. The predicted octanol–water partition coefficient (Wildman–Crippen LogP) is 6.80. The van der Waals surface area contributed by atoms with Gasteiger partial charge in [0, 0.05) is 33.4 Å². The summed E-state index contributed by atoms with van der Waals surface area (Å²) in [5, 5.41) is 8.81. The topological polar surface area (TPSA) is 97.7 Å². The Morgan fingerprint density at radius 2 is 1.02 bits per heavy atom. The van der Waals surface area contributed by atoms with Crippen molar-refractivity contribution in [3.63, 3.8) is 0 Å². The lowest BCUT2D eigenvalue weighted by molar-refractivity contribution is -0.132. The number of carboxylic acids is 1. The highest BCUT2D eigenvalue weighted by molar-refractivity contribution is 6.09. The normalized spacial score (nSPS) is 10.5. The molecule has 0 spiro atoms. The van der Waals surface area contributed by atoms with Crippen LogP contribution < -0.4 is 4.74 Å². The Balaban J connectivity index is 0.000000220. The highest BCUT2D eigenvalue weighted by Crippen LogP contribution is 2.17. The smallest absolute Gasteiger partial charge is 0.338 e. The van der Waals surface area contributed by atoms with Crippen molar-refractivity contribution in [1.29, 1.82) is 0 Å². The molecule has 0 saturated carbocycles. The average molecular weight is 533 g/mol. The second-order valence-electron chi connectivity index (χ2n) is 8.84. The number of carboxylic acid groups (broad SMARTS) is 1. The van der Waals surface area contributed by atoms with Gasteiger partial charge in [0.25, 0.3) is 0 Å².